The first-order chi connectivity index (χ1) is 9.15. The van der Waals surface area contributed by atoms with Crippen LogP contribution >= 0.6 is 11.8 Å². The normalized spacial score (nSPS) is 11.4. The first-order valence-electron chi connectivity index (χ1n) is 5.55. The molecule has 1 aromatic heterocycles. The van der Waals surface area contributed by atoms with E-state index in [0.717, 1.165) is 4.90 Å². The van der Waals surface area contributed by atoms with Crippen LogP contribution in [-0.4, -0.2) is 20.2 Å². The first-order valence-corrected chi connectivity index (χ1v) is 6.86. The molecule has 4 nitrogen and oxygen atoms in total. The predicted molar refractivity (Wildman–Crippen MR) is 83.5 cm³/mol. The van der Waals surface area contributed by atoms with Crippen LogP contribution in [0.25, 0.3) is 0 Å². The Labute approximate surface area is 121 Å². The molecule has 0 aliphatic carbocycles. The zero-order valence-corrected chi connectivity index (χ0v) is 12.1. The highest BCUT2D eigenvalue weighted by atomic mass is 32.2. The largest absolute Gasteiger partial charge is 0.284 e. The van der Waals surface area contributed by atoms with Gasteiger partial charge in [0.05, 0.1) is 6.20 Å². The number of benzene rings is 1. The van der Waals surface area contributed by atoms with Gasteiger partial charge in [0.15, 0.2) is 5.84 Å². The highest BCUT2D eigenvalue weighted by Crippen LogP contribution is 2.19. The summed E-state index contributed by atoms with van der Waals surface area (Å²) < 4.78 is 0.611. The molecule has 19 heavy (non-hydrogen) atoms. The second kappa shape index (κ2) is 6.49. The minimum atomic E-state index is 0.0812. The van der Waals surface area contributed by atoms with Crippen molar-refractivity contribution in [3.8, 4) is 0 Å². The summed E-state index contributed by atoms with van der Waals surface area (Å²) >= 11 is 4.86. The highest BCUT2D eigenvalue weighted by Gasteiger charge is 2.08. The van der Waals surface area contributed by atoms with Crippen molar-refractivity contribution < 1.29 is 0 Å². The smallest absolute Gasteiger partial charge is 0.281 e. The van der Waals surface area contributed by atoms with Crippen molar-refractivity contribution in [2.45, 2.75) is 11.8 Å². The molecule has 1 N–H and O–H groups in total. The SMILES string of the molecule is Cc1ccc(SC([SH2+])=NC(=N)c2cnccn2)cc1. The molecular weight excluding hydrogens is 276 g/mol. The Morgan fingerprint density at radius 1 is 1.26 bits per heavy atom. The summed E-state index contributed by atoms with van der Waals surface area (Å²) in [5.74, 6) is 0.0812. The van der Waals surface area contributed by atoms with Gasteiger partial charge in [0.1, 0.15) is 5.69 Å². The third-order valence-electron chi connectivity index (χ3n) is 2.25. The van der Waals surface area contributed by atoms with E-state index in [2.05, 4.69) is 27.6 Å². The van der Waals surface area contributed by atoms with Gasteiger partial charge in [0.2, 0.25) is 0 Å². The van der Waals surface area contributed by atoms with E-state index >= 15 is 0 Å². The lowest BCUT2D eigenvalue weighted by molar-refractivity contribution is 1.16. The van der Waals surface area contributed by atoms with Gasteiger partial charge in [-0.1, -0.05) is 17.7 Å². The quantitative estimate of drug-likeness (QED) is 0.399. The standard InChI is InChI=1S/C13H12N4S2/c1-9-2-4-10(5-3-9)19-13(18)17-12(14)11-8-15-6-7-16-11/h2-8H,1H3,(H2,14,17,18)/p+1. The Morgan fingerprint density at radius 3 is 2.63 bits per heavy atom. The molecule has 0 bridgehead atoms. The zero-order chi connectivity index (χ0) is 13.7. The third kappa shape index (κ3) is 4.18. The second-order valence-corrected chi connectivity index (χ2v) is 5.67. The molecule has 0 atom stereocenters. The number of aryl methyl sites for hydroxylation is 1. The van der Waals surface area contributed by atoms with Crippen LogP contribution in [0, 0.1) is 12.3 Å². The van der Waals surface area contributed by atoms with Gasteiger partial charge in [-0.05, 0) is 30.8 Å². The van der Waals surface area contributed by atoms with Crippen molar-refractivity contribution in [3.63, 3.8) is 0 Å². The number of nitrogens with zero attached hydrogens (tertiary/aromatic N) is 3. The summed E-state index contributed by atoms with van der Waals surface area (Å²) in [6.45, 7) is 2.04. The van der Waals surface area contributed by atoms with E-state index in [4.69, 9.17) is 5.41 Å². The number of thioether (sulfide) groups is 1. The van der Waals surface area contributed by atoms with Crippen molar-refractivity contribution in [3.05, 3.63) is 54.1 Å². The van der Waals surface area contributed by atoms with Gasteiger partial charge >= 0.3 is 0 Å². The number of hydrogen-bond donors (Lipinski definition) is 1. The van der Waals surface area contributed by atoms with E-state index in [9.17, 15) is 0 Å². The molecule has 0 saturated carbocycles. The van der Waals surface area contributed by atoms with Crippen LogP contribution < -0.4 is 0 Å². The molecule has 0 aliphatic rings. The number of aliphatic imine (C=N–C) groups is 1. The van der Waals surface area contributed by atoms with Crippen molar-refractivity contribution >= 4 is 34.6 Å². The lowest BCUT2D eigenvalue weighted by Gasteiger charge is -1.98. The number of nitrogens with one attached hydrogen (secondary N) is 1. The van der Waals surface area contributed by atoms with E-state index in [1.807, 2.05) is 31.2 Å². The minimum absolute atomic E-state index is 0.0812. The molecule has 0 radical (unpaired) electrons. The Kier molecular flexibility index (Phi) is 4.70. The number of amidine groups is 1. The van der Waals surface area contributed by atoms with E-state index in [1.165, 1.54) is 23.5 Å². The molecule has 2 rings (SSSR count). The lowest BCUT2D eigenvalue weighted by Crippen LogP contribution is -2.01. The van der Waals surface area contributed by atoms with Crippen LogP contribution in [0.1, 0.15) is 11.3 Å². The maximum atomic E-state index is 7.83. The Bertz CT molecular complexity index is 594. The molecule has 6 heteroatoms. The molecule has 0 spiro atoms. The summed E-state index contributed by atoms with van der Waals surface area (Å²) in [5.41, 5.74) is 1.66. The van der Waals surface area contributed by atoms with Crippen LogP contribution in [0.2, 0.25) is 0 Å². The lowest BCUT2D eigenvalue weighted by atomic mass is 10.2. The Morgan fingerprint density at radius 2 is 2.00 bits per heavy atom. The van der Waals surface area contributed by atoms with Crippen LogP contribution in [0.4, 0.5) is 0 Å². The third-order valence-corrected chi connectivity index (χ3v) is 3.47. The summed E-state index contributed by atoms with van der Waals surface area (Å²) in [6.07, 6.45) is 4.62. The van der Waals surface area contributed by atoms with Crippen molar-refractivity contribution in [1.82, 2.24) is 9.97 Å². The average molecular weight is 289 g/mol. The van der Waals surface area contributed by atoms with Gasteiger partial charge in [0.25, 0.3) is 4.38 Å². The molecule has 0 saturated heterocycles. The van der Waals surface area contributed by atoms with Crippen LogP contribution in [-0.2, 0) is 12.6 Å². The van der Waals surface area contributed by atoms with Crippen molar-refractivity contribution in [2.24, 2.45) is 4.99 Å². The average Bonchev–Trinajstić information content (AvgIpc) is 2.42. The fourth-order valence-corrected chi connectivity index (χ4v) is 2.42. The van der Waals surface area contributed by atoms with E-state index < -0.39 is 0 Å². The summed E-state index contributed by atoms with van der Waals surface area (Å²) in [7, 11) is 0. The number of rotatable bonds is 2. The zero-order valence-electron chi connectivity index (χ0n) is 10.3. The van der Waals surface area contributed by atoms with Crippen molar-refractivity contribution in [1.29, 1.82) is 5.41 Å². The fraction of sp³-hybridized carbons (Fsp3) is 0.0769. The van der Waals surface area contributed by atoms with E-state index in [-0.39, 0.29) is 5.84 Å². The van der Waals surface area contributed by atoms with Gasteiger partial charge in [-0.3, -0.25) is 10.4 Å². The number of aromatic nitrogens is 2. The monoisotopic (exact) mass is 289 g/mol. The van der Waals surface area contributed by atoms with Gasteiger partial charge in [-0.15, -0.1) is 0 Å². The van der Waals surface area contributed by atoms with Gasteiger partial charge in [-0.25, -0.2) is 4.98 Å². The van der Waals surface area contributed by atoms with Crippen LogP contribution in [0.15, 0.2) is 52.7 Å². The summed E-state index contributed by atoms with van der Waals surface area (Å²) in [4.78, 5) is 13.1. The van der Waals surface area contributed by atoms with Gasteiger partial charge in [0, 0.05) is 29.9 Å². The summed E-state index contributed by atoms with van der Waals surface area (Å²) in [5, 5.41) is 7.83. The van der Waals surface area contributed by atoms with Crippen LogP contribution in [0.3, 0.4) is 0 Å². The Balaban J connectivity index is 2.07. The summed E-state index contributed by atoms with van der Waals surface area (Å²) in [6, 6.07) is 8.11. The number of hydrogen-bond acceptors (Lipinski definition) is 4. The minimum Gasteiger partial charge on any atom is -0.281 e. The molecular formula is C13H13N4S2+. The fourth-order valence-electron chi connectivity index (χ4n) is 1.32. The van der Waals surface area contributed by atoms with Gasteiger partial charge in [-0.2, -0.15) is 4.99 Å². The molecule has 0 fully saturated rings. The maximum Gasteiger partial charge on any atom is 0.284 e. The molecule has 1 heterocycles. The van der Waals surface area contributed by atoms with Crippen LogP contribution in [0.5, 0.6) is 0 Å². The second-order valence-electron chi connectivity index (χ2n) is 3.77. The predicted octanol–water partition coefficient (Wildman–Crippen LogP) is 2.27. The maximum absolute atomic E-state index is 7.83. The molecule has 0 aliphatic heterocycles. The molecule has 0 unspecified atom stereocenters. The first kappa shape index (κ1) is 13.8. The highest BCUT2D eigenvalue weighted by molar-refractivity contribution is 8.27. The topological polar surface area (TPSA) is 62.0 Å². The molecule has 96 valence electrons. The molecule has 2 aromatic rings. The molecule has 1 aromatic carbocycles. The van der Waals surface area contributed by atoms with E-state index in [0.29, 0.717) is 10.1 Å². The molecule has 0 amide bonds. The van der Waals surface area contributed by atoms with Crippen molar-refractivity contribution in [2.75, 3.05) is 0 Å². The van der Waals surface area contributed by atoms with E-state index in [1.54, 1.807) is 12.4 Å². The Hall–Kier alpha value is -1.66. The van der Waals surface area contributed by atoms with Gasteiger partial charge < -0.3 is 0 Å².